The lowest BCUT2D eigenvalue weighted by molar-refractivity contribution is 0.0725. The minimum absolute atomic E-state index is 0.0397. The number of nitrogens with zero attached hydrogens (tertiary/aromatic N) is 5. The van der Waals surface area contributed by atoms with E-state index in [0.29, 0.717) is 5.69 Å². The minimum atomic E-state index is -0.0566. The average Bonchev–Trinajstić information content (AvgIpc) is 3.19. The first-order valence-corrected chi connectivity index (χ1v) is 8.18. The van der Waals surface area contributed by atoms with Crippen LogP contribution in [-0.4, -0.2) is 36.7 Å². The highest BCUT2D eigenvalue weighted by Gasteiger charge is 2.32. The number of amides is 1. The zero-order valence-electron chi connectivity index (χ0n) is 13.8. The van der Waals surface area contributed by atoms with E-state index in [1.165, 1.54) is 0 Å². The van der Waals surface area contributed by atoms with E-state index in [1.807, 2.05) is 37.1 Å². The van der Waals surface area contributed by atoms with Crippen LogP contribution in [-0.2, 0) is 0 Å². The number of aromatic nitrogens is 4. The number of hydrogen-bond donors (Lipinski definition) is 0. The molecule has 24 heavy (non-hydrogen) atoms. The molecule has 3 aromatic rings. The summed E-state index contributed by atoms with van der Waals surface area (Å²) in [6.07, 6.45) is 7.16. The van der Waals surface area contributed by atoms with Crippen LogP contribution in [0.25, 0.3) is 5.65 Å². The summed E-state index contributed by atoms with van der Waals surface area (Å²) < 4.78 is 2.09. The Morgan fingerprint density at radius 1 is 1.17 bits per heavy atom. The highest BCUT2D eigenvalue weighted by Crippen LogP contribution is 2.33. The molecule has 0 aromatic carbocycles. The summed E-state index contributed by atoms with van der Waals surface area (Å²) in [6.45, 7) is 4.58. The lowest BCUT2D eigenvalue weighted by Gasteiger charge is -2.25. The molecule has 122 valence electrons. The van der Waals surface area contributed by atoms with Gasteiger partial charge in [-0.1, -0.05) is 6.07 Å². The summed E-state index contributed by atoms with van der Waals surface area (Å²) in [5, 5.41) is 0. The van der Waals surface area contributed by atoms with Gasteiger partial charge in [-0.15, -0.1) is 0 Å². The maximum atomic E-state index is 12.9. The van der Waals surface area contributed by atoms with Gasteiger partial charge < -0.3 is 9.30 Å². The summed E-state index contributed by atoms with van der Waals surface area (Å²) in [6, 6.07) is 6.11. The molecule has 4 heterocycles. The number of likely N-dealkylation sites (tertiary alicyclic amines) is 1. The summed E-state index contributed by atoms with van der Waals surface area (Å²) in [5.41, 5.74) is 4.20. The Morgan fingerprint density at radius 2 is 2.04 bits per heavy atom. The number of pyridine rings is 1. The van der Waals surface area contributed by atoms with Gasteiger partial charge in [0, 0.05) is 24.6 Å². The van der Waals surface area contributed by atoms with E-state index in [-0.39, 0.29) is 11.9 Å². The molecule has 1 saturated heterocycles. The third-order valence-electron chi connectivity index (χ3n) is 4.50. The van der Waals surface area contributed by atoms with E-state index in [1.54, 1.807) is 12.4 Å². The van der Waals surface area contributed by atoms with Gasteiger partial charge in [0.2, 0.25) is 0 Å². The lowest BCUT2D eigenvalue weighted by atomic mass is 10.1. The van der Waals surface area contributed by atoms with Crippen molar-refractivity contribution in [3.63, 3.8) is 0 Å². The van der Waals surface area contributed by atoms with E-state index in [4.69, 9.17) is 0 Å². The largest absolute Gasteiger partial charge is 0.329 e. The van der Waals surface area contributed by atoms with Gasteiger partial charge >= 0.3 is 0 Å². The molecule has 1 amide bonds. The second-order valence-corrected chi connectivity index (χ2v) is 6.26. The van der Waals surface area contributed by atoms with Crippen LogP contribution in [0.4, 0.5) is 0 Å². The SMILES string of the molecule is Cc1cnc(C(=O)N2CCC[C@H]2c2cccc3nc(C)cn23)cn1. The van der Waals surface area contributed by atoms with Crippen LogP contribution in [0.15, 0.2) is 36.8 Å². The number of carbonyl (C=O) groups excluding carboxylic acids is 1. The smallest absolute Gasteiger partial charge is 0.274 e. The molecule has 1 atom stereocenters. The predicted octanol–water partition coefficient (Wildman–Crippen LogP) is 2.72. The molecule has 0 aliphatic carbocycles. The van der Waals surface area contributed by atoms with Gasteiger partial charge in [0.25, 0.3) is 5.91 Å². The van der Waals surface area contributed by atoms with Gasteiger partial charge in [0.05, 0.1) is 23.6 Å². The van der Waals surface area contributed by atoms with Gasteiger partial charge in [-0.25, -0.2) is 9.97 Å². The van der Waals surface area contributed by atoms with Crippen molar-refractivity contribution in [3.8, 4) is 0 Å². The van der Waals surface area contributed by atoms with Gasteiger partial charge in [-0.2, -0.15) is 0 Å². The third-order valence-corrected chi connectivity index (χ3v) is 4.50. The number of fused-ring (bicyclic) bond motifs is 1. The highest BCUT2D eigenvalue weighted by atomic mass is 16.2. The van der Waals surface area contributed by atoms with Crippen LogP contribution in [0.3, 0.4) is 0 Å². The Bertz CT molecular complexity index is 899. The van der Waals surface area contributed by atoms with Gasteiger partial charge in [0.1, 0.15) is 11.3 Å². The van der Waals surface area contributed by atoms with E-state index in [2.05, 4.69) is 25.4 Å². The highest BCUT2D eigenvalue weighted by molar-refractivity contribution is 5.92. The summed E-state index contributed by atoms with van der Waals surface area (Å²) in [4.78, 5) is 27.8. The molecule has 0 unspecified atom stereocenters. The molecule has 3 aromatic heterocycles. The first kappa shape index (κ1) is 14.8. The number of aryl methyl sites for hydroxylation is 2. The number of imidazole rings is 1. The van der Waals surface area contributed by atoms with E-state index < -0.39 is 0 Å². The monoisotopic (exact) mass is 321 g/mol. The Balaban J connectivity index is 1.71. The molecule has 0 N–H and O–H groups in total. The van der Waals surface area contributed by atoms with Crippen LogP contribution in [0.5, 0.6) is 0 Å². The van der Waals surface area contributed by atoms with E-state index in [0.717, 1.165) is 42.1 Å². The van der Waals surface area contributed by atoms with Crippen molar-refractivity contribution >= 4 is 11.6 Å². The summed E-state index contributed by atoms with van der Waals surface area (Å²) in [5.74, 6) is -0.0566. The second-order valence-electron chi connectivity index (χ2n) is 6.26. The quantitative estimate of drug-likeness (QED) is 0.728. The van der Waals surface area contributed by atoms with Crippen LogP contribution < -0.4 is 0 Å². The Labute approximate surface area is 140 Å². The van der Waals surface area contributed by atoms with Crippen LogP contribution in [0.2, 0.25) is 0 Å². The molecule has 1 aliphatic heterocycles. The standard InChI is InChI=1S/C18H19N5O/c1-12-9-20-14(10-19-12)18(24)22-8-4-6-15(22)16-5-3-7-17-21-13(2)11-23(16)17/h3,5,7,9-11,15H,4,6,8H2,1-2H3/t15-/m0/s1. The maximum absolute atomic E-state index is 12.9. The lowest BCUT2D eigenvalue weighted by Crippen LogP contribution is -2.32. The van der Waals surface area contributed by atoms with Gasteiger partial charge in [0.15, 0.2) is 0 Å². The minimum Gasteiger partial charge on any atom is -0.329 e. The predicted molar refractivity (Wildman–Crippen MR) is 89.7 cm³/mol. The number of rotatable bonds is 2. The molecule has 1 aliphatic rings. The molecular formula is C18H19N5O. The molecule has 6 heteroatoms. The van der Waals surface area contributed by atoms with Crippen LogP contribution >= 0.6 is 0 Å². The van der Waals surface area contributed by atoms with Crippen molar-refractivity contribution in [2.45, 2.75) is 32.7 Å². The molecule has 1 fully saturated rings. The maximum Gasteiger partial charge on any atom is 0.274 e. The third kappa shape index (κ3) is 2.44. The molecular weight excluding hydrogens is 302 g/mol. The fourth-order valence-electron chi connectivity index (χ4n) is 3.39. The van der Waals surface area contributed by atoms with E-state index >= 15 is 0 Å². The van der Waals surface area contributed by atoms with Gasteiger partial charge in [-0.3, -0.25) is 9.78 Å². The zero-order chi connectivity index (χ0) is 16.7. The molecule has 0 radical (unpaired) electrons. The first-order valence-electron chi connectivity index (χ1n) is 8.18. The van der Waals surface area contributed by atoms with Crippen molar-refractivity contribution in [1.29, 1.82) is 0 Å². The summed E-state index contributed by atoms with van der Waals surface area (Å²) in [7, 11) is 0. The molecule has 0 bridgehead atoms. The van der Waals surface area contributed by atoms with E-state index in [9.17, 15) is 4.79 Å². The van der Waals surface area contributed by atoms with Crippen molar-refractivity contribution in [2.75, 3.05) is 6.54 Å². The summed E-state index contributed by atoms with van der Waals surface area (Å²) >= 11 is 0. The normalized spacial score (nSPS) is 17.6. The number of carbonyl (C=O) groups is 1. The van der Waals surface area contributed by atoms with Crippen molar-refractivity contribution < 1.29 is 4.79 Å². The van der Waals surface area contributed by atoms with Crippen molar-refractivity contribution in [1.82, 2.24) is 24.3 Å². The molecule has 6 nitrogen and oxygen atoms in total. The zero-order valence-corrected chi connectivity index (χ0v) is 13.8. The Kier molecular flexibility index (Phi) is 3.52. The Morgan fingerprint density at radius 3 is 2.83 bits per heavy atom. The molecule has 0 saturated carbocycles. The first-order chi connectivity index (χ1) is 11.6. The fourth-order valence-corrected chi connectivity index (χ4v) is 3.39. The van der Waals surface area contributed by atoms with Gasteiger partial charge in [-0.05, 0) is 38.8 Å². The van der Waals surface area contributed by atoms with Crippen LogP contribution in [0.1, 0.15) is 46.5 Å². The average molecular weight is 321 g/mol. The van der Waals surface area contributed by atoms with Crippen LogP contribution in [0, 0.1) is 13.8 Å². The van der Waals surface area contributed by atoms with Crippen molar-refractivity contribution in [3.05, 3.63) is 59.6 Å². The number of hydrogen-bond acceptors (Lipinski definition) is 4. The molecule has 4 rings (SSSR count). The molecule has 0 spiro atoms. The second kappa shape index (κ2) is 5.70. The fraction of sp³-hybridized carbons (Fsp3) is 0.333. The van der Waals surface area contributed by atoms with Crippen molar-refractivity contribution in [2.24, 2.45) is 0 Å². The topological polar surface area (TPSA) is 63.4 Å². The Hall–Kier alpha value is -2.76.